The molecule has 1 heterocycles. The van der Waals surface area contributed by atoms with Crippen molar-refractivity contribution in [3.05, 3.63) is 29.3 Å². The van der Waals surface area contributed by atoms with Gasteiger partial charge in [0.15, 0.2) is 0 Å². The molecule has 1 unspecified atom stereocenters. The Balaban J connectivity index is 2.06. The lowest BCUT2D eigenvalue weighted by Gasteiger charge is -2.22. The second kappa shape index (κ2) is 7.11. The van der Waals surface area contributed by atoms with Crippen LogP contribution in [-0.4, -0.2) is 18.6 Å². The van der Waals surface area contributed by atoms with E-state index in [1.165, 1.54) is 6.07 Å². The second-order valence-electron chi connectivity index (χ2n) is 5.36. The monoisotopic (exact) mass is 316 g/mol. The van der Waals surface area contributed by atoms with E-state index in [0.29, 0.717) is 12.2 Å². The number of hydrogen-bond acceptors (Lipinski definition) is 3. The van der Waals surface area contributed by atoms with Crippen molar-refractivity contribution in [1.82, 2.24) is 0 Å². The molecule has 0 aromatic heterocycles. The summed E-state index contributed by atoms with van der Waals surface area (Å²) >= 11 is 0. The van der Waals surface area contributed by atoms with Gasteiger partial charge in [0.05, 0.1) is 18.1 Å². The molecule has 3 N–H and O–H groups in total. The molecule has 0 spiro atoms. The number of alkyl halides is 3. The van der Waals surface area contributed by atoms with Gasteiger partial charge in [-0.2, -0.15) is 13.2 Å². The lowest BCUT2D eigenvalue weighted by atomic mass is 10.1. The van der Waals surface area contributed by atoms with E-state index >= 15 is 0 Å². The maximum atomic E-state index is 12.8. The molecule has 7 heteroatoms. The summed E-state index contributed by atoms with van der Waals surface area (Å²) in [5, 5.41) is 2.50. The lowest BCUT2D eigenvalue weighted by molar-refractivity contribution is -0.137. The van der Waals surface area contributed by atoms with Crippen molar-refractivity contribution in [1.29, 1.82) is 0 Å². The number of amides is 1. The average molecular weight is 316 g/mol. The zero-order valence-corrected chi connectivity index (χ0v) is 12.1. The minimum atomic E-state index is -4.48. The van der Waals surface area contributed by atoms with E-state index in [0.717, 1.165) is 31.4 Å². The van der Waals surface area contributed by atoms with Gasteiger partial charge in [-0.1, -0.05) is 0 Å². The quantitative estimate of drug-likeness (QED) is 0.897. The summed E-state index contributed by atoms with van der Waals surface area (Å²) in [5.74, 6) is -0.353. The van der Waals surface area contributed by atoms with Crippen molar-refractivity contribution < 1.29 is 22.7 Å². The summed E-state index contributed by atoms with van der Waals surface area (Å²) in [6.45, 7) is 0.595. The molecular weight excluding hydrogens is 297 g/mol. The Kier molecular flexibility index (Phi) is 5.42. The summed E-state index contributed by atoms with van der Waals surface area (Å²) in [6, 6.07) is 3.35. The largest absolute Gasteiger partial charge is 0.416 e. The number of hydrogen-bond donors (Lipinski definition) is 2. The molecule has 1 aliphatic rings. The molecular formula is C15H19F3N2O2. The maximum Gasteiger partial charge on any atom is 0.416 e. The Morgan fingerprint density at radius 1 is 1.32 bits per heavy atom. The van der Waals surface area contributed by atoms with Crippen LogP contribution >= 0.6 is 0 Å². The third-order valence-electron chi connectivity index (χ3n) is 3.53. The van der Waals surface area contributed by atoms with Crippen LogP contribution in [0.3, 0.4) is 0 Å². The maximum absolute atomic E-state index is 12.8. The van der Waals surface area contributed by atoms with E-state index in [1.54, 1.807) is 0 Å². The SMILES string of the molecule is NCc1cc(NC(=O)CC2CCCCO2)cc(C(F)(F)F)c1. The summed E-state index contributed by atoms with van der Waals surface area (Å²) < 4.78 is 43.9. The summed E-state index contributed by atoms with van der Waals surface area (Å²) in [6.07, 6.45) is -1.71. The molecule has 1 amide bonds. The van der Waals surface area contributed by atoms with E-state index in [-0.39, 0.29) is 30.7 Å². The number of benzene rings is 1. The highest BCUT2D eigenvalue weighted by molar-refractivity contribution is 5.91. The van der Waals surface area contributed by atoms with Crippen LogP contribution in [0.5, 0.6) is 0 Å². The molecule has 0 aliphatic carbocycles. The van der Waals surface area contributed by atoms with Crippen molar-refractivity contribution in [2.75, 3.05) is 11.9 Å². The number of nitrogens with one attached hydrogen (secondary N) is 1. The summed E-state index contributed by atoms with van der Waals surface area (Å²) in [5.41, 5.74) is 5.02. The fourth-order valence-corrected chi connectivity index (χ4v) is 2.43. The number of carbonyl (C=O) groups excluding carboxylic acids is 1. The number of halogens is 3. The van der Waals surface area contributed by atoms with E-state index in [9.17, 15) is 18.0 Å². The summed E-state index contributed by atoms with van der Waals surface area (Å²) in [7, 11) is 0. The third kappa shape index (κ3) is 4.71. The van der Waals surface area contributed by atoms with E-state index in [4.69, 9.17) is 10.5 Å². The number of nitrogens with two attached hydrogens (primary N) is 1. The third-order valence-corrected chi connectivity index (χ3v) is 3.53. The van der Waals surface area contributed by atoms with Gasteiger partial charge in [0, 0.05) is 18.8 Å². The smallest absolute Gasteiger partial charge is 0.378 e. The van der Waals surface area contributed by atoms with E-state index < -0.39 is 11.7 Å². The first-order valence-electron chi connectivity index (χ1n) is 7.21. The van der Waals surface area contributed by atoms with Crippen molar-refractivity contribution in [2.45, 2.75) is 44.5 Å². The summed E-state index contributed by atoms with van der Waals surface area (Å²) in [4.78, 5) is 11.9. The van der Waals surface area contributed by atoms with Gasteiger partial charge in [-0.25, -0.2) is 0 Å². The van der Waals surface area contributed by atoms with Gasteiger partial charge in [-0.15, -0.1) is 0 Å². The molecule has 1 saturated heterocycles. The van der Waals surface area contributed by atoms with Crippen LogP contribution < -0.4 is 11.1 Å². The molecule has 1 atom stereocenters. The minimum Gasteiger partial charge on any atom is -0.378 e. The van der Waals surface area contributed by atoms with Crippen LogP contribution in [0.15, 0.2) is 18.2 Å². The first-order chi connectivity index (χ1) is 10.4. The molecule has 1 aromatic rings. The topological polar surface area (TPSA) is 64.3 Å². The highest BCUT2D eigenvalue weighted by atomic mass is 19.4. The molecule has 0 radical (unpaired) electrons. The van der Waals surface area contributed by atoms with Gasteiger partial charge in [0.1, 0.15) is 0 Å². The van der Waals surface area contributed by atoms with Crippen LogP contribution in [-0.2, 0) is 22.3 Å². The van der Waals surface area contributed by atoms with Crippen molar-refractivity contribution >= 4 is 11.6 Å². The van der Waals surface area contributed by atoms with Gasteiger partial charge in [0.25, 0.3) is 0 Å². The molecule has 122 valence electrons. The van der Waals surface area contributed by atoms with Gasteiger partial charge >= 0.3 is 6.18 Å². The van der Waals surface area contributed by atoms with Crippen molar-refractivity contribution in [3.8, 4) is 0 Å². The standard InChI is InChI=1S/C15H19F3N2O2/c16-15(17,18)11-5-10(9-19)6-12(7-11)20-14(21)8-13-3-1-2-4-22-13/h5-7,13H,1-4,8-9,19H2,(H,20,21). The Labute approximate surface area is 126 Å². The van der Waals surface area contributed by atoms with Crippen LogP contribution in [0.2, 0.25) is 0 Å². The predicted molar refractivity (Wildman–Crippen MR) is 76.2 cm³/mol. The molecule has 0 bridgehead atoms. The minimum absolute atomic E-state index is 0.0292. The van der Waals surface area contributed by atoms with E-state index in [1.807, 2.05) is 0 Å². The molecule has 22 heavy (non-hydrogen) atoms. The van der Waals surface area contributed by atoms with Gasteiger partial charge in [0.2, 0.25) is 5.91 Å². The number of rotatable bonds is 4. The molecule has 1 aliphatic heterocycles. The van der Waals surface area contributed by atoms with Crippen molar-refractivity contribution in [2.24, 2.45) is 5.73 Å². The first-order valence-corrected chi connectivity index (χ1v) is 7.21. The second-order valence-corrected chi connectivity index (χ2v) is 5.36. The highest BCUT2D eigenvalue weighted by Crippen LogP contribution is 2.32. The van der Waals surface area contributed by atoms with Crippen LogP contribution in [0, 0.1) is 0 Å². The first kappa shape index (κ1) is 16.8. The molecule has 0 saturated carbocycles. The van der Waals surface area contributed by atoms with Crippen LogP contribution in [0.25, 0.3) is 0 Å². The number of ether oxygens (including phenoxy) is 1. The Bertz CT molecular complexity index is 526. The number of carbonyl (C=O) groups is 1. The zero-order valence-electron chi connectivity index (χ0n) is 12.1. The van der Waals surface area contributed by atoms with Gasteiger partial charge in [-0.3, -0.25) is 4.79 Å². The molecule has 2 rings (SSSR count). The van der Waals surface area contributed by atoms with Crippen molar-refractivity contribution in [3.63, 3.8) is 0 Å². The van der Waals surface area contributed by atoms with E-state index in [2.05, 4.69) is 5.32 Å². The Morgan fingerprint density at radius 3 is 2.68 bits per heavy atom. The van der Waals surface area contributed by atoms with Crippen LogP contribution in [0.4, 0.5) is 18.9 Å². The van der Waals surface area contributed by atoms with Crippen LogP contribution in [0.1, 0.15) is 36.8 Å². The fourth-order valence-electron chi connectivity index (χ4n) is 2.43. The molecule has 1 fully saturated rings. The van der Waals surface area contributed by atoms with Gasteiger partial charge < -0.3 is 15.8 Å². The fraction of sp³-hybridized carbons (Fsp3) is 0.533. The Morgan fingerprint density at radius 2 is 2.09 bits per heavy atom. The predicted octanol–water partition coefficient (Wildman–Crippen LogP) is 3.06. The normalized spacial score (nSPS) is 19.0. The number of anilines is 1. The highest BCUT2D eigenvalue weighted by Gasteiger charge is 2.31. The molecule has 4 nitrogen and oxygen atoms in total. The Hall–Kier alpha value is -1.60. The lowest BCUT2D eigenvalue weighted by Crippen LogP contribution is -2.25. The average Bonchev–Trinajstić information content (AvgIpc) is 2.46. The van der Waals surface area contributed by atoms with Gasteiger partial charge in [-0.05, 0) is 43.0 Å². The molecule has 1 aromatic carbocycles. The zero-order chi connectivity index (χ0) is 16.2.